The molecule has 0 spiro atoms. The summed E-state index contributed by atoms with van der Waals surface area (Å²) in [6.45, 7) is 1.35. The van der Waals surface area contributed by atoms with Crippen LogP contribution in [-0.2, 0) is 0 Å². The molecule has 1 N–H and O–H groups in total. The summed E-state index contributed by atoms with van der Waals surface area (Å²) in [5.74, 6) is 2.00. The van der Waals surface area contributed by atoms with Gasteiger partial charge in [-0.05, 0) is 12.8 Å². The molecule has 1 fully saturated rings. The summed E-state index contributed by atoms with van der Waals surface area (Å²) in [6, 6.07) is 2.02. The fourth-order valence-corrected chi connectivity index (χ4v) is 3.33. The summed E-state index contributed by atoms with van der Waals surface area (Å²) < 4.78 is 0. The Morgan fingerprint density at radius 2 is 1.96 bits per heavy atom. The molecule has 3 aromatic rings. The average Bonchev–Trinajstić information content (AvgIpc) is 3.28. The molecular formula is C19H22N8O. The molecule has 0 aliphatic carbocycles. The highest BCUT2D eigenvalue weighted by molar-refractivity contribution is 5.90. The van der Waals surface area contributed by atoms with Crippen LogP contribution < -0.4 is 4.90 Å². The second-order valence-corrected chi connectivity index (χ2v) is 6.96. The van der Waals surface area contributed by atoms with Crippen LogP contribution in [0.3, 0.4) is 0 Å². The van der Waals surface area contributed by atoms with Crippen LogP contribution >= 0.6 is 0 Å². The van der Waals surface area contributed by atoms with Crippen molar-refractivity contribution in [2.75, 3.05) is 32.1 Å². The number of H-pyrrole nitrogens is 1. The third-order valence-electron chi connectivity index (χ3n) is 4.88. The first-order chi connectivity index (χ1) is 13.6. The summed E-state index contributed by atoms with van der Waals surface area (Å²) in [5.41, 5.74) is 1.63. The molecule has 28 heavy (non-hydrogen) atoms. The van der Waals surface area contributed by atoms with Crippen LogP contribution in [0.25, 0.3) is 11.5 Å². The van der Waals surface area contributed by atoms with Crippen LogP contribution in [0.15, 0.2) is 37.1 Å². The molecule has 0 aromatic carbocycles. The minimum atomic E-state index is -0.0552. The number of carbonyl (C=O) groups is 1. The Labute approximate surface area is 162 Å². The molecule has 9 nitrogen and oxygen atoms in total. The Morgan fingerprint density at radius 1 is 1.14 bits per heavy atom. The van der Waals surface area contributed by atoms with Gasteiger partial charge in [-0.2, -0.15) is 0 Å². The van der Waals surface area contributed by atoms with Gasteiger partial charge in [-0.1, -0.05) is 0 Å². The first-order valence-corrected chi connectivity index (χ1v) is 9.23. The molecule has 0 bridgehead atoms. The lowest BCUT2D eigenvalue weighted by Gasteiger charge is -2.31. The number of likely N-dealkylation sites (tertiary alicyclic amines) is 1. The zero-order chi connectivity index (χ0) is 19.5. The highest BCUT2D eigenvalue weighted by atomic mass is 16.2. The zero-order valence-electron chi connectivity index (χ0n) is 15.9. The Balaban J connectivity index is 1.54. The third-order valence-corrected chi connectivity index (χ3v) is 4.88. The van der Waals surface area contributed by atoms with Crippen molar-refractivity contribution in [3.8, 4) is 11.5 Å². The highest BCUT2D eigenvalue weighted by Gasteiger charge is 2.27. The van der Waals surface area contributed by atoms with Crippen LogP contribution in [0.5, 0.6) is 0 Å². The number of nitrogens with zero attached hydrogens (tertiary/aromatic N) is 7. The minimum absolute atomic E-state index is 0.0552. The number of aromatic nitrogens is 6. The number of amides is 1. The van der Waals surface area contributed by atoms with Crippen molar-refractivity contribution in [3.05, 3.63) is 48.6 Å². The van der Waals surface area contributed by atoms with E-state index >= 15 is 0 Å². The molecule has 0 radical (unpaired) electrons. The molecule has 144 valence electrons. The van der Waals surface area contributed by atoms with Gasteiger partial charge >= 0.3 is 0 Å². The number of carbonyl (C=O) groups excluding carboxylic acids is 1. The molecule has 4 heterocycles. The average molecular weight is 378 g/mol. The van der Waals surface area contributed by atoms with E-state index in [2.05, 4.69) is 24.9 Å². The van der Waals surface area contributed by atoms with E-state index in [1.54, 1.807) is 31.0 Å². The van der Waals surface area contributed by atoms with Crippen LogP contribution in [0.2, 0.25) is 0 Å². The van der Waals surface area contributed by atoms with E-state index in [0.717, 1.165) is 24.4 Å². The lowest BCUT2D eigenvalue weighted by atomic mass is 9.93. The van der Waals surface area contributed by atoms with Crippen LogP contribution in [0.1, 0.15) is 35.1 Å². The summed E-state index contributed by atoms with van der Waals surface area (Å²) >= 11 is 0. The van der Waals surface area contributed by atoms with E-state index < -0.39 is 0 Å². The van der Waals surface area contributed by atoms with Gasteiger partial charge in [0.15, 0.2) is 11.6 Å². The van der Waals surface area contributed by atoms with Gasteiger partial charge in [-0.3, -0.25) is 9.78 Å². The quantitative estimate of drug-likeness (QED) is 0.737. The number of imidazole rings is 1. The van der Waals surface area contributed by atoms with Crippen molar-refractivity contribution in [1.29, 1.82) is 0 Å². The van der Waals surface area contributed by atoms with E-state index in [1.807, 2.05) is 30.0 Å². The smallest absolute Gasteiger partial charge is 0.289 e. The topological polar surface area (TPSA) is 104 Å². The van der Waals surface area contributed by atoms with Gasteiger partial charge in [-0.15, -0.1) is 0 Å². The van der Waals surface area contributed by atoms with Crippen molar-refractivity contribution >= 4 is 11.7 Å². The Kier molecular flexibility index (Phi) is 4.96. The predicted octanol–water partition coefficient (Wildman–Crippen LogP) is 1.74. The highest BCUT2D eigenvalue weighted by Crippen LogP contribution is 2.30. The number of anilines is 1. The van der Waals surface area contributed by atoms with Gasteiger partial charge < -0.3 is 14.8 Å². The summed E-state index contributed by atoms with van der Waals surface area (Å²) in [7, 11) is 3.91. The second kappa shape index (κ2) is 7.71. The van der Waals surface area contributed by atoms with Gasteiger partial charge in [-0.25, -0.2) is 19.9 Å². The van der Waals surface area contributed by atoms with Crippen LogP contribution in [0, 0.1) is 0 Å². The first kappa shape index (κ1) is 18.0. The Morgan fingerprint density at radius 3 is 2.61 bits per heavy atom. The Bertz CT molecular complexity index is 934. The fraction of sp³-hybridized carbons (Fsp3) is 0.368. The van der Waals surface area contributed by atoms with Gasteiger partial charge in [0, 0.05) is 69.7 Å². The number of hydrogen-bond acceptors (Lipinski definition) is 7. The molecule has 1 amide bonds. The van der Waals surface area contributed by atoms with Crippen molar-refractivity contribution < 1.29 is 4.79 Å². The van der Waals surface area contributed by atoms with Crippen molar-refractivity contribution in [1.82, 2.24) is 34.8 Å². The van der Waals surface area contributed by atoms with E-state index in [4.69, 9.17) is 4.98 Å². The molecule has 3 aromatic heterocycles. The Hall–Kier alpha value is -3.36. The van der Waals surface area contributed by atoms with E-state index in [0.29, 0.717) is 30.4 Å². The molecule has 1 aliphatic rings. The van der Waals surface area contributed by atoms with Gasteiger partial charge in [0.25, 0.3) is 5.91 Å². The SMILES string of the molecule is CN(C)c1cc(C2CCN(C(=O)c3ncc[nH]3)CC2)nc(-c2cnccn2)n1. The molecule has 1 saturated heterocycles. The normalized spacial score (nSPS) is 14.9. The predicted molar refractivity (Wildman–Crippen MR) is 104 cm³/mol. The molecule has 9 heteroatoms. The second-order valence-electron chi connectivity index (χ2n) is 6.96. The molecular weight excluding hydrogens is 356 g/mol. The lowest BCUT2D eigenvalue weighted by molar-refractivity contribution is 0.0701. The number of nitrogens with one attached hydrogen (secondary N) is 1. The van der Waals surface area contributed by atoms with Crippen molar-refractivity contribution in [3.63, 3.8) is 0 Å². The van der Waals surface area contributed by atoms with Gasteiger partial charge in [0.2, 0.25) is 0 Å². The van der Waals surface area contributed by atoms with E-state index in [1.165, 1.54) is 0 Å². The molecule has 4 rings (SSSR count). The van der Waals surface area contributed by atoms with Crippen molar-refractivity contribution in [2.24, 2.45) is 0 Å². The largest absolute Gasteiger partial charge is 0.363 e. The number of piperidine rings is 1. The number of rotatable bonds is 4. The summed E-state index contributed by atoms with van der Waals surface area (Å²) in [5, 5.41) is 0. The third kappa shape index (κ3) is 3.68. The molecule has 1 aliphatic heterocycles. The monoisotopic (exact) mass is 378 g/mol. The lowest BCUT2D eigenvalue weighted by Crippen LogP contribution is -2.38. The van der Waals surface area contributed by atoms with Crippen LogP contribution in [-0.4, -0.2) is 67.9 Å². The number of hydrogen-bond donors (Lipinski definition) is 1. The van der Waals surface area contributed by atoms with Crippen molar-refractivity contribution in [2.45, 2.75) is 18.8 Å². The minimum Gasteiger partial charge on any atom is -0.363 e. The maximum absolute atomic E-state index is 12.5. The summed E-state index contributed by atoms with van der Waals surface area (Å²) in [4.78, 5) is 41.0. The standard InChI is InChI=1S/C19H22N8O/c1-26(2)16-11-14(24-17(25-16)15-12-20-5-6-21-15)13-3-9-27(10-4-13)19(28)18-22-7-8-23-18/h5-8,11-13H,3-4,9-10H2,1-2H3,(H,22,23). The van der Waals surface area contributed by atoms with Crippen LogP contribution in [0.4, 0.5) is 5.82 Å². The van der Waals surface area contributed by atoms with E-state index in [9.17, 15) is 4.79 Å². The zero-order valence-corrected chi connectivity index (χ0v) is 15.9. The first-order valence-electron chi connectivity index (χ1n) is 9.23. The maximum atomic E-state index is 12.5. The summed E-state index contributed by atoms with van der Waals surface area (Å²) in [6.07, 6.45) is 9.89. The maximum Gasteiger partial charge on any atom is 0.289 e. The molecule has 0 unspecified atom stereocenters. The molecule has 0 saturated carbocycles. The molecule has 0 atom stereocenters. The fourth-order valence-electron chi connectivity index (χ4n) is 3.33. The number of aromatic amines is 1. The van der Waals surface area contributed by atoms with E-state index in [-0.39, 0.29) is 11.8 Å². The van der Waals surface area contributed by atoms with Gasteiger partial charge in [0.05, 0.1) is 6.20 Å². The van der Waals surface area contributed by atoms with Gasteiger partial charge in [0.1, 0.15) is 11.5 Å².